The molecule has 0 saturated heterocycles. The van der Waals surface area contributed by atoms with Crippen LogP contribution in [-0.2, 0) is 0 Å². The molecule has 0 aromatic rings. The highest BCUT2D eigenvalue weighted by Gasteiger charge is 2.05. The van der Waals surface area contributed by atoms with Crippen LogP contribution >= 0.6 is 0 Å². The van der Waals surface area contributed by atoms with Crippen molar-refractivity contribution in [2.45, 2.75) is 155 Å². The van der Waals surface area contributed by atoms with Gasteiger partial charge in [0.05, 0.1) is 0 Å². The molecule has 0 heteroatoms. The Balaban J connectivity index is 3.26. The van der Waals surface area contributed by atoms with Crippen LogP contribution < -0.4 is 0 Å². The number of hydrogen-bond donors (Lipinski definition) is 0. The molecule has 0 amide bonds. The summed E-state index contributed by atoms with van der Waals surface area (Å²) < 4.78 is 0. The Kier molecular flexibility index (Phi) is 25.2. The molecule has 0 aromatic heterocycles. The third-order valence-electron chi connectivity index (χ3n) is 6.28. The first-order valence-corrected chi connectivity index (χ1v) is 13.4. The Morgan fingerprint density at radius 3 is 1.28 bits per heavy atom. The molecule has 170 valence electrons. The van der Waals surface area contributed by atoms with Gasteiger partial charge in [0.1, 0.15) is 0 Å². The Bertz CT molecular complexity index is 345. The molecule has 0 rings (SSSR count). The Labute approximate surface area is 186 Å². The van der Waals surface area contributed by atoms with Gasteiger partial charge in [0.2, 0.25) is 0 Å². The van der Waals surface area contributed by atoms with Gasteiger partial charge in [0, 0.05) is 12.8 Å². The largest absolute Gasteiger partial charge is 0.103 e. The lowest BCUT2D eigenvalue weighted by Crippen LogP contribution is -1.99. The zero-order valence-corrected chi connectivity index (χ0v) is 20.3. The SMILES string of the molecule is [CH2]CCCCC#CCCCCCCCCCCCCC(CC)CCCCCC[CH2]. The highest BCUT2D eigenvalue weighted by molar-refractivity contribution is 4.98. The van der Waals surface area contributed by atoms with Crippen LogP contribution in [0.15, 0.2) is 0 Å². The molecular weight excluding hydrogens is 348 g/mol. The second-order valence-electron chi connectivity index (χ2n) is 9.07. The molecule has 1 atom stereocenters. The highest BCUT2D eigenvalue weighted by Crippen LogP contribution is 2.21. The van der Waals surface area contributed by atoms with Gasteiger partial charge in [-0.25, -0.2) is 0 Å². The molecule has 1 unspecified atom stereocenters. The van der Waals surface area contributed by atoms with Crippen molar-refractivity contribution >= 4 is 0 Å². The zero-order valence-electron chi connectivity index (χ0n) is 20.3. The smallest absolute Gasteiger partial charge is 0.00886 e. The summed E-state index contributed by atoms with van der Waals surface area (Å²) in [4.78, 5) is 0. The van der Waals surface area contributed by atoms with E-state index in [0.29, 0.717) is 0 Å². The Hall–Kier alpha value is -0.440. The molecule has 0 nitrogen and oxygen atoms in total. The first-order chi connectivity index (χ1) is 14.3. The molecule has 0 aliphatic rings. The van der Waals surface area contributed by atoms with Crippen LogP contribution in [0.25, 0.3) is 0 Å². The summed E-state index contributed by atoms with van der Waals surface area (Å²) in [5, 5.41) is 0. The predicted octanol–water partition coefficient (Wildman–Crippen LogP) is 10.3. The minimum atomic E-state index is 0.994. The lowest BCUT2D eigenvalue weighted by atomic mass is 9.92. The van der Waals surface area contributed by atoms with E-state index < -0.39 is 0 Å². The zero-order chi connectivity index (χ0) is 21.3. The van der Waals surface area contributed by atoms with Crippen LogP contribution in [0.2, 0.25) is 0 Å². The van der Waals surface area contributed by atoms with Crippen molar-refractivity contribution in [2.24, 2.45) is 5.92 Å². The van der Waals surface area contributed by atoms with Gasteiger partial charge < -0.3 is 0 Å². The summed E-state index contributed by atoms with van der Waals surface area (Å²) in [5.74, 6) is 7.63. The summed E-state index contributed by atoms with van der Waals surface area (Å²) in [6.45, 7) is 10.2. The van der Waals surface area contributed by atoms with Gasteiger partial charge in [-0.05, 0) is 18.8 Å². The standard InChI is InChI=1S/C29H54/c1-4-7-9-11-12-13-14-15-16-17-18-19-20-21-22-24-26-28-29(6-3)27-25-23-10-8-5-2/h29H,1-2,4-11,14-28H2,3H3. The van der Waals surface area contributed by atoms with Crippen LogP contribution in [0, 0.1) is 31.6 Å². The molecule has 0 fully saturated rings. The maximum atomic E-state index is 3.94. The van der Waals surface area contributed by atoms with E-state index in [4.69, 9.17) is 0 Å². The molecule has 0 N–H and O–H groups in total. The van der Waals surface area contributed by atoms with Gasteiger partial charge in [-0.1, -0.05) is 143 Å². The van der Waals surface area contributed by atoms with Gasteiger partial charge in [-0.2, -0.15) is 0 Å². The molecule has 0 heterocycles. The van der Waals surface area contributed by atoms with E-state index in [2.05, 4.69) is 32.6 Å². The van der Waals surface area contributed by atoms with Gasteiger partial charge in [0.25, 0.3) is 0 Å². The van der Waals surface area contributed by atoms with Crippen LogP contribution in [0.5, 0.6) is 0 Å². The number of hydrogen-bond acceptors (Lipinski definition) is 0. The van der Waals surface area contributed by atoms with Crippen LogP contribution in [-0.4, -0.2) is 0 Å². The first-order valence-electron chi connectivity index (χ1n) is 13.4. The van der Waals surface area contributed by atoms with Crippen molar-refractivity contribution in [3.8, 4) is 11.8 Å². The Morgan fingerprint density at radius 1 is 0.483 bits per heavy atom. The maximum absolute atomic E-state index is 3.94. The van der Waals surface area contributed by atoms with E-state index in [1.807, 2.05) is 0 Å². The van der Waals surface area contributed by atoms with Crippen LogP contribution in [0.3, 0.4) is 0 Å². The molecule has 0 aromatic carbocycles. The van der Waals surface area contributed by atoms with E-state index in [1.54, 1.807) is 0 Å². The van der Waals surface area contributed by atoms with E-state index >= 15 is 0 Å². The molecule has 0 aliphatic heterocycles. The monoisotopic (exact) mass is 402 g/mol. The summed E-state index contributed by atoms with van der Waals surface area (Å²) >= 11 is 0. The molecule has 0 spiro atoms. The van der Waals surface area contributed by atoms with Crippen molar-refractivity contribution < 1.29 is 0 Å². The third-order valence-corrected chi connectivity index (χ3v) is 6.28. The molecule has 29 heavy (non-hydrogen) atoms. The van der Waals surface area contributed by atoms with E-state index in [0.717, 1.165) is 31.6 Å². The van der Waals surface area contributed by atoms with Crippen LogP contribution in [0.1, 0.15) is 155 Å². The minimum Gasteiger partial charge on any atom is -0.103 e. The number of rotatable bonds is 22. The van der Waals surface area contributed by atoms with Gasteiger partial charge >= 0.3 is 0 Å². The fraction of sp³-hybridized carbons (Fsp3) is 0.862. The fourth-order valence-corrected chi connectivity index (χ4v) is 4.14. The quantitative estimate of drug-likeness (QED) is 0.125. The second kappa shape index (κ2) is 25.6. The van der Waals surface area contributed by atoms with E-state index in [9.17, 15) is 0 Å². The summed E-state index contributed by atoms with van der Waals surface area (Å²) in [6.07, 6.45) is 31.0. The second-order valence-corrected chi connectivity index (χ2v) is 9.07. The van der Waals surface area contributed by atoms with Gasteiger partial charge in [0.15, 0.2) is 0 Å². The molecule has 2 radical (unpaired) electrons. The van der Waals surface area contributed by atoms with Crippen molar-refractivity contribution in [2.75, 3.05) is 0 Å². The van der Waals surface area contributed by atoms with Crippen molar-refractivity contribution in [1.29, 1.82) is 0 Å². The third kappa shape index (κ3) is 23.7. The topological polar surface area (TPSA) is 0 Å². The molecule has 0 aliphatic carbocycles. The van der Waals surface area contributed by atoms with Crippen molar-refractivity contribution in [1.82, 2.24) is 0 Å². The highest BCUT2D eigenvalue weighted by atomic mass is 14.1. The van der Waals surface area contributed by atoms with Crippen molar-refractivity contribution in [3.05, 3.63) is 13.8 Å². The predicted molar refractivity (Wildman–Crippen MR) is 134 cm³/mol. The summed E-state index contributed by atoms with van der Waals surface area (Å²) in [7, 11) is 0. The van der Waals surface area contributed by atoms with E-state index in [-0.39, 0.29) is 0 Å². The summed E-state index contributed by atoms with van der Waals surface area (Å²) in [6, 6.07) is 0. The lowest BCUT2D eigenvalue weighted by Gasteiger charge is -2.14. The van der Waals surface area contributed by atoms with E-state index in [1.165, 1.54) is 122 Å². The normalized spacial score (nSPS) is 12.0. The van der Waals surface area contributed by atoms with Gasteiger partial charge in [-0.15, -0.1) is 11.8 Å². The van der Waals surface area contributed by atoms with Crippen LogP contribution in [0.4, 0.5) is 0 Å². The average Bonchev–Trinajstić information content (AvgIpc) is 2.74. The first kappa shape index (κ1) is 28.6. The molecule has 0 saturated carbocycles. The minimum absolute atomic E-state index is 0.994. The Morgan fingerprint density at radius 2 is 0.828 bits per heavy atom. The lowest BCUT2D eigenvalue weighted by molar-refractivity contribution is 0.393. The van der Waals surface area contributed by atoms with Gasteiger partial charge in [-0.3, -0.25) is 0 Å². The summed E-state index contributed by atoms with van der Waals surface area (Å²) in [5.41, 5.74) is 0. The average molecular weight is 403 g/mol. The van der Waals surface area contributed by atoms with Crippen molar-refractivity contribution in [3.63, 3.8) is 0 Å². The maximum Gasteiger partial charge on any atom is 0.00886 e. The fourth-order valence-electron chi connectivity index (χ4n) is 4.14. The molecular formula is C29H54. The molecule has 0 bridgehead atoms. The number of unbranched alkanes of at least 4 members (excludes halogenated alkanes) is 17.